The van der Waals surface area contributed by atoms with Crippen molar-refractivity contribution in [1.29, 1.82) is 0 Å². The van der Waals surface area contributed by atoms with E-state index in [1.807, 2.05) is 51.1 Å². The number of halogens is 1. The molecule has 29 heavy (non-hydrogen) atoms. The van der Waals surface area contributed by atoms with Gasteiger partial charge >= 0.3 is 0 Å². The first-order valence-electron chi connectivity index (χ1n) is 9.99. The Balaban J connectivity index is 1.64. The minimum atomic E-state index is -0.508. The van der Waals surface area contributed by atoms with Crippen molar-refractivity contribution in [3.63, 3.8) is 0 Å². The van der Waals surface area contributed by atoms with E-state index in [0.717, 1.165) is 29.7 Å². The molecule has 0 fully saturated rings. The van der Waals surface area contributed by atoms with E-state index in [4.69, 9.17) is 10.5 Å². The number of aryl methyl sites for hydroxylation is 1. The SMILES string of the molecule is CC(N)C(C)(C)Oc1ccc(N2N=C3c4cc(F)ccc4CCC3CC2=O)cc1. The van der Waals surface area contributed by atoms with Gasteiger partial charge in [-0.1, -0.05) is 6.07 Å². The van der Waals surface area contributed by atoms with E-state index in [2.05, 4.69) is 5.10 Å². The van der Waals surface area contributed by atoms with E-state index >= 15 is 0 Å². The zero-order chi connectivity index (χ0) is 20.8. The largest absolute Gasteiger partial charge is 0.486 e. The molecule has 0 spiro atoms. The molecule has 1 amide bonds. The maximum Gasteiger partial charge on any atom is 0.248 e. The summed E-state index contributed by atoms with van der Waals surface area (Å²) in [6.45, 7) is 5.77. The summed E-state index contributed by atoms with van der Waals surface area (Å²) in [5, 5.41) is 6.07. The fourth-order valence-corrected chi connectivity index (χ4v) is 3.74. The molecule has 2 atom stereocenters. The zero-order valence-corrected chi connectivity index (χ0v) is 17.0. The molecule has 0 aromatic heterocycles. The smallest absolute Gasteiger partial charge is 0.248 e. The number of hydrogen-bond acceptors (Lipinski definition) is 4. The van der Waals surface area contributed by atoms with Crippen molar-refractivity contribution >= 4 is 17.3 Å². The van der Waals surface area contributed by atoms with Gasteiger partial charge in [0.15, 0.2) is 0 Å². The van der Waals surface area contributed by atoms with Crippen molar-refractivity contribution in [3.05, 3.63) is 59.4 Å². The van der Waals surface area contributed by atoms with Crippen LogP contribution in [0.15, 0.2) is 47.6 Å². The summed E-state index contributed by atoms with van der Waals surface area (Å²) in [4.78, 5) is 12.7. The molecule has 1 aliphatic carbocycles. The monoisotopic (exact) mass is 395 g/mol. The molecule has 6 heteroatoms. The molecule has 5 nitrogen and oxygen atoms in total. The van der Waals surface area contributed by atoms with Crippen molar-refractivity contribution in [2.45, 2.75) is 51.7 Å². The van der Waals surface area contributed by atoms with Crippen molar-refractivity contribution < 1.29 is 13.9 Å². The highest BCUT2D eigenvalue weighted by Gasteiger charge is 2.34. The molecule has 0 bridgehead atoms. The zero-order valence-electron chi connectivity index (χ0n) is 17.0. The summed E-state index contributed by atoms with van der Waals surface area (Å²) in [6.07, 6.45) is 2.08. The summed E-state index contributed by atoms with van der Waals surface area (Å²) in [5.41, 5.74) is 8.82. The highest BCUT2D eigenvalue weighted by atomic mass is 19.1. The van der Waals surface area contributed by atoms with Crippen LogP contribution in [0.4, 0.5) is 10.1 Å². The van der Waals surface area contributed by atoms with Crippen LogP contribution in [0, 0.1) is 11.7 Å². The van der Waals surface area contributed by atoms with E-state index in [-0.39, 0.29) is 23.7 Å². The summed E-state index contributed by atoms with van der Waals surface area (Å²) in [7, 11) is 0. The van der Waals surface area contributed by atoms with Crippen LogP contribution in [0.25, 0.3) is 0 Å². The van der Waals surface area contributed by atoms with Gasteiger partial charge in [0.05, 0.1) is 11.4 Å². The summed E-state index contributed by atoms with van der Waals surface area (Å²) in [6, 6.07) is 11.9. The highest BCUT2D eigenvalue weighted by molar-refractivity contribution is 6.11. The summed E-state index contributed by atoms with van der Waals surface area (Å²) < 4.78 is 19.8. The third kappa shape index (κ3) is 3.77. The first-order chi connectivity index (χ1) is 13.7. The number of benzene rings is 2. The van der Waals surface area contributed by atoms with E-state index in [0.29, 0.717) is 17.9 Å². The van der Waals surface area contributed by atoms with Crippen LogP contribution in [-0.2, 0) is 11.2 Å². The third-order valence-corrected chi connectivity index (χ3v) is 5.92. The average molecular weight is 395 g/mol. The maximum absolute atomic E-state index is 13.8. The Hall–Kier alpha value is -2.73. The summed E-state index contributed by atoms with van der Waals surface area (Å²) in [5.74, 6) is 0.385. The second-order valence-corrected chi connectivity index (χ2v) is 8.42. The number of nitrogens with zero attached hydrogens (tertiary/aromatic N) is 2. The molecular weight excluding hydrogens is 369 g/mol. The predicted molar refractivity (Wildman–Crippen MR) is 112 cm³/mol. The molecule has 2 aliphatic rings. The average Bonchev–Trinajstić information content (AvgIpc) is 2.67. The lowest BCUT2D eigenvalue weighted by molar-refractivity contribution is -0.119. The third-order valence-electron chi connectivity index (χ3n) is 5.92. The molecule has 0 saturated heterocycles. The second-order valence-electron chi connectivity index (χ2n) is 8.42. The Morgan fingerprint density at radius 2 is 1.97 bits per heavy atom. The fraction of sp³-hybridized carbons (Fsp3) is 0.391. The van der Waals surface area contributed by atoms with Gasteiger partial charge in [-0.3, -0.25) is 4.79 Å². The molecular formula is C23H26FN3O2. The Labute approximate surface area is 170 Å². The van der Waals surface area contributed by atoms with Gasteiger partial charge < -0.3 is 10.5 Å². The standard InChI is InChI=1S/C23H26FN3O2/c1-14(25)23(2,3)29-19-10-8-18(9-11-19)27-21(28)12-16-5-4-15-6-7-17(24)13-20(15)22(16)26-27/h6-11,13-14,16H,4-5,12,25H2,1-3H3. The van der Waals surface area contributed by atoms with Crippen LogP contribution in [0.3, 0.4) is 0 Å². The number of ether oxygens (including phenoxy) is 1. The highest BCUT2D eigenvalue weighted by Crippen LogP contribution is 2.34. The van der Waals surface area contributed by atoms with Gasteiger partial charge in [-0.05, 0) is 75.6 Å². The number of hydrogen-bond donors (Lipinski definition) is 1. The van der Waals surface area contributed by atoms with Crippen molar-refractivity contribution in [1.82, 2.24) is 0 Å². The van der Waals surface area contributed by atoms with Crippen LogP contribution in [0.2, 0.25) is 0 Å². The Morgan fingerprint density at radius 1 is 1.24 bits per heavy atom. The first kappa shape index (κ1) is 19.6. The van der Waals surface area contributed by atoms with Crippen LogP contribution < -0.4 is 15.5 Å². The lowest BCUT2D eigenvalue weighted by atomic mass is 9.79. The molecule has 2 N–H and O–H groups in total. The van der Waals surface area contributed by atoms with Gasteiger partial charge in [0.25, 0.3) is 0 Å². The first-order valence-corrected chi connectivity index (χ1v) is 9.99. The summed E-state index contributed by atoms with van der Waals surface area (Å²) >= 11 is 0. The number of carbonyl (C=O) groups is 1. The van der Waals surface area contributed by atoms with Crippen LogP contribution >= 0.6 is 0 Å². The number of hydrazone groups is 1. The molecule has 4 rings (SSSR count). The van der Waals surface area contributed by atoms with Crippen LogP contribution in [0.1, 0.15) is 44.7 Å². The maximum atomic E-state index is 13.8. The number of anilines is 1. The topological polar surface area (TPSA) is 67.9 Å². The van der Waals surface area contributed by atoms with E-state index in [1.165, 1.54) is 17.1 Å². The quantitative estimate of drug-likeness (QED) is 0.850. The van der Waals surface area contributed by atoms with Gasteiger partial charge in [0, 0.05) is 23.9 Å². The lowest BCUT2D eigenvalue weighted by Gasteiger charge is -2.33. The fourth-order valence-electron chi connectivity index (χ4n) is 3.74. The Kier molecular flexibility index (Phi) is 4.90. The van der Waals surface area contributed by atoms with Gasteiger partial charge in [-0.25, -0.2) is 9.40 Å². The van der Waals surface area contributed by atoms with Gasteiger partial charge in [-0.15, -0.1) is 0 Å². The molecule has 2 aromatic carbocycles. The van der Waals surface area contributed by atoms with Crippen LogP contribution in [0.5, 0.6) is 5.75 Å². The molecule has 1 aliphatic heterocycles. The number of nitrogens with two attached hydrogens (primary N) is 1. The van der Waals surface area contributed by atoms with Crippen molar-refractivity contribution in [2.24, 2.45) is 16.8 Å². The van der Waals surface area contributed by atoms with Crippen LogP contribution in [-0.4, -0.2) is 23.3 Å². The Bertz CT molecular complexity index is 967. The number of amides is 1. The molecule has 0 saturated carbocycles. The molecule has 0 radical (unpaired) electrons. The van der Waals surface area contributed by atoms with Gasteiger partial charge in [0.1, 0.15) is 17.2 Å². The molecule has 2 aromatic rings. The van der Waals surface area contributed by atoms with E-state index < -0.39 is 5.60 Å². The molecule has 1 heterocycles. The van der Waals surface area contributed by atoms with Crippen molar-refractivity contribution in [3.8, 4) is 5.75 Å². The number of rotatable bonds is 4. The Morgan fingerprint density at radius 3 is 2.66 bits per heavy atom. The minimum Gasteiger partial charge on any atom is -0.486 e. The lowest BCUT2D eigenvalue weighted by Crippen LogP contribution is -2.45. The minimum absolute atomic E-state index is 0.0440. The van der Waals surface area contributed by atoms with E-state index in [1.54, 1.807) is 0 Å². The van der Waals surface area contributed by atoms with E-state index in [9.17, 15) is 9.18 Å². The second kappa shape index (κ2) is 7.26. The van der Waals surface area contributed by atoms with Gasteiger partial charge in [0.2, 0.25) is 5.91 Å². The number of carbonyl (C=O) groups excluding carboxylic acids is 1. The van der Waals surface area contributed by atoms with Crippen molar-refractivity contribution in [2.75, 3.05) is 5.01 Å². The predicted octanol–water partition coefficient (Wildman–Crippen LogP) is 4.03. The normalized spacial score (nSPS) is 19.9. The van der Waals surface area contributed by atoms with Gasteiger partial charge in [-0.2, -0.15) is 5.10 Å². The molecule has 152 valence electrons. The number of fused-ring (bicyclic) bond motifs is 3. The molecule has 2 unspecified atom stereocenters.